The highest BCUT2D eigenvalue weighted by molar-refractivity contribution is 5.82. The third-order valence-corrected chi connectivity index (χ3v) is 6.93. The van der Waals surface area contributed by atoms with Gasteiger partial charge in [-0.1, -0.05) is 61.7 Å². The molecule has 0 aliphatic heterocycles. The van der Waals surface area contributed by atoms with E-state index in [-0.39, 0.29) is 30.3 Å². The van der Waals surface area contributed by atoms with Crippen LogP contribution < -0.4 is 5.32 Å². The minimum Gasteiger partial charge on any atom is -0.349 e. The van der Waals surface area contributed by atoms with Gasteiger partial charge in [-0.15, -0.1) is 0 Å². The van der Waals surface area contributed by atoms with Gasteiger partial charge in [-0.2, -0.15) is 0 Å². The number of carbonyl (C=O) groups excluding carboxylic acids is 2. The van der Waals surface area contributed by atoms with E-state index in [1.165, 1.54) is 19.3 Å². The van der Waals surface area contributed by atoms with Gasteiger partial charge in [0.15, 0.2) is 0 Å². The van der Waals surface area contributed by atoms with E-state index >= 15 is 0 Å². The molecule has 2 fully saturated rings. The summed E-state index contributed by atoms with van der Waals surface area (Å²) in [6, 6.07) is 18.4. The van der Waals surface area contributed by atoms with Crippen molar-refractivity contribution >= 4 is 22.8 Å². The normalized spacial score (nSPS) is 16.6. The second-order valence-corrected chi connectivity index (χ2v) is 9.39. The first-order chi connectivity index (χ1) is 16.2. The van der Waals surface area contributed by atoms with Gasteiger partial charge >= 0.3 is 0 Å². The maximum atomic E-state index is 13.8. The summed E-state index contributed by atoms with van der Waals surface area (Å²) in [6.07, 6.45) is 7.67. The average Bonchev–Trinajstić information content (AvgIpc) is 3.65. The van der Waals surface area contributed by atoms with Crippen LogP contribution >= 0.6 is 0 Å². The maximum absolute atomic E-state index is 13.8. The van der Waals surface area contributed by atoms with Crippen molar-refractivity contribution in [1.82, 2.24) is 19.8 Å². The number of imidazole rings is 1. The Bertz CT molecular complexity index is 1110. The molecule has 172 valence electrons. The predicted octanol–water partition coefficient (Wildman–Crippen LogP) is 4.42. The van der Waals surface area contributed by atoms with E-state index in [4.69, 9.17) is 4.98 Å². The van der Waals surface area contributed by atoms with E-state index < -0.39 is 0 Å². The van der Waals surface area contributed by atoms with Gasteiger partial charge in [0.1, 0.15) is 12.4 Å². The quantitative estimate of drug-likeness (QED) is 0.559. The van der Waals surface area contributed by atoms with Crippen LogP contribution in [0.25, 0.3) is 11.0 Å². The van der Waals surface area contributed by atoms with Crippen molar-refractivity contribution in [2.24, 2.45) is 5.92 Å². The summed E-state index contributed by atoms with van der Waals surface area (Å²) in [5.41, 5.74) is 2.95. The van der Waals surface area contributed by atoms with Crippen molar-refractivity contribution in [3.05, 3.63) is 66.0 Å². The number of nitrogens with zero attached hydrogens (tertiary/aromatic N) is 3. The highest BCUT2D eigenvalue weighted by Gasteiger charge is 2.30. The molecule has 0 bridgehead atoms. The number of nitrogens with one attached hydrogen (secondary N) is 1. The molecule has 0 saturated heterocycles. The molecule has 0 atom stereocenters. The zero-order chi connectivity index (χ0) is 22.6. The third-order valence-electron chi connectivity index (χ3n) is 6.93. The summed E-state index contributed by atoms with van der Waals surface area (Å²) in [5, 5.41) is 3.02. The monoisotopic (exact) mass is 444 g/mol. The summed E-state index contributed by atoms with van der Waals surface area (Å²) in [5.74, 6) is 1.09. The highest BCUT2D eigenvalue weighted by Crippen LogP contribution is 2.29. The lowest BCUT2D eigenvalue weighted by molar-refractivity contribution is -0.135. The summed E-state index contributed by atoms with van der Waals surface area (Å²) in [6.45, 7) is 1.21. The number of fused-ring (bicyclic) bond motifs is 1. The van der Waals surface area contributed by atoms with Gasteiger partial charge in [-0.25, -0.2) is 4.98 Å². The van der Waals surface area contributed by atoms with E-state index in [0.717, 1.165) is 48.1 Å². The van der Waals surface area contributed by atoms with Gasteiger partial charge in [0, 0.05) is 18.5 Å². The van der Waals surface area contributed by atoms with Gasteiger partial charge in [0.05, 0.1) is 17.6 Å². The first-order valence-electron chi connectivity index (χ1n) is 12.2. The van der Waals surface area contributed by atoms with E-state index in [9.17, 15) is 9.59 Å². The number of aromatic nitrogens is 2. The van der Waals surface area contributed by atoms with Crippen LogP contribution in [0.4, 0.5) is 0 Å². The summed E-state index contributed by atoms with van der Waals surface area (Å²) in [4.78, 5) is 32.8. The smallest absolute Gasteiger partial charge is 0.243 e. The lowest BCUT2D eigenvalue weighted by Crippen LogP contribution is -2.42. The molecule has 2 aliphatic rings. The van der Waals surface area contributed by atoms with Crippen LogP contribution in [0.15, 0.2) is 54.6 Å². The number of hydrogen-bond donors (Lipinski definition) is 1. The summed E-state index contributed by atoms with van der Waals surface area (Å²) >= 11 is 0. The molecule has 3 aromatic rings. The zero-order valence-corrected chi connectivity index (χ0v) is 19.1. The fraction of sp³-hybridized carbons (Fsp3) is 0.444. The fourth-order valence-corrected chi connectivity index (χ4v) is 4.91. The SMILES string of the molecule is O=C(NCc1nc2ccccc2n1CC(=O)N(Cc1ccccc1)C1CCCCC1)C1CC1. The molecule has 2 aliphatic carbocycles. The second kappa shape index (κ2) is 9.77. The Hall–Kier alpha value is -3.15. The fourth-order valence-electron chi connectivity index (χ4n) is 4.91. The summed E-state index contributed by atoms with van der Waals surface area (Å²) in [7, 11) is 0. The molecule has 6 nitrogen and oxygen atoms in total. The second-order valence-electron chi connectivity index (χ2n) is 9.39. The Morgan fingerprint density at radius 3 is 2.42 bits per heavy atom. The molecule has 5 rings (SSSR count). The van der Waals surface area contributed by atoms with E-state index in [2.05, 4.69) is 22.3 Å². The van der Waals surface area contributed by atoms with Crippen LogP contribution in [0, 0.1) is 5.92 Å². The van der Waals surface area contributed by atoms with E-state index in [1.807, 2.05) is 47.0 Å². The molecule has 0 radical (unpaired) electrons. The largest absolute Gasteiger partial charge is 0.349 e. The lowest BCUT2D eigenvalue weighted by atomic mass is 9.93. The number of amides is 2. The van der Waals surface area contributed by atoms with Crippen molar-refractivity contribution in [2.45, 2.75) is 70.6 Å². The number of carbonyl (C=O) groups is 2. The zero-order valence-electron chi connectivity index (χ0n) is 19.1. The molecular formula is C27H32N4O2. The van der Waals surface area contributed by atoms with Crippen molar-refractivity contribution in [1.29, 1.82) is 0 Å². The molecular weight excluding hydrogens is 412 g/mol. The lowest BCUT2D eigenvalue weighted by Gasteiger charge is -2.35. The van der Waals surface area contributed by atoms with Gasteiger partial charge < -0.3 is 14.8 Å². The number of para-hydroxylation sites is 2. The van der Waals surface area contributed by atoms with Crippen molar-refractivity contribution in [3.8, 4) is 0 Å². The Balaban J connectivity index is 1.40. The van der Waals surface area contributed by atoms with Crippen molar-refractivity contribution in [3.63, 3.8) is 0 Å². The molecule has 0 unspecified atom stereocenters. The molecule has 1 aromatic heterocycles. The Morgan fingerprint density at radius 2 is 1.67 bits per heavy atom. The van der Waals surface area contributed by atoms with Gasteiger partial charge in [-0.05, 0) is 43.4 Å². The molecule has 2 saturated carbocycles. The minimum absolute atomic E-state index is 0.0906. The predicted molar refractivity (Wildman–Crippen MR) is 128 cm³/mol. The van der Waals surface area contributed by atoms with Crippen LogP contribution in [0.2, 0.25) is 0 Å². The van der Waals surface area contributed by atoms with Crippen LogP contribution in [-0.4, -0.2) is 32.3 Å². The van der Waals surface area contributed by atoms with E-state index in [1.54, 1.807) is 0 Å². The van der Waals surface area contributed by atoms with Gasteiger partial charge in [0.2, 0.25) is 11.8 Å². The van der Waals surface area contributed by atoms with Crippen molar-refractivity contribution in [2.75, 3.05) is 0 Å². The number of rotatable bonds is 8. The highest BCUT2D eigenvalue weighted by atomic mass is 16.2. The van der Waals surface area contributed by atoms with Crippen molar-refractivity contribution < 1.29 is 9.59 Å². The van der Waals surface area contributed by atoms with Gasteiger partial charge in [0.25, 0.3) is 0 Å². The molecule has 33 heavy (non-hydrogen) atoms. The molecule has 2 aromatic carbocycles. The van der Waals surface area contributed by atoms with Crippen LogP contribution in [0.3, 0.4) is 0 Å². The molecule has 0 spiro atoms. The molecule has 2 amide bonds. The summed E-state index contributed by atoms with van der Waals surface area (Å²) < 4.78 is 1.99. The maximum Gasteiger partial charge on any atom is 0.243 e. The molecule has 6 heteroatoms. The van der Waals surface area contributed by atoms with Crippen LogP contribution in [-0.2, 0) is 29.2 Å². The minimum atomic E-state index is 0.0906. The Morgan fingerprint density at radius 1 is 0.939 bits per heavy atom. The van der Waals surface area contributed by atoms with Gasteiger partial charge in [-0.3, -0.25) is 9.59 Å². The first-order valence-corrected chi connectivity index (χ1v) is 12.2. The van der Waals surface area contributed by atoms with Crippen LogP contribution in [0.5, 0.6) is 0 Å². The third kappa shape index (κ3) is 5.10. The topological polar surface area (TPSA) is 67.2 Å². The van der Waals surface area contributed by atoms with Crippen LogP contribution in [0.1, 0.15) is 56.3 Å². The van der Waals surface area contributed by atoms with E-state index in [0.29, 0.717) is 13.1 Å². The average molecular weight is 445 g/mol. The Labute approximate surface area is 195 Å². The number of hydrogen-bond acceptors (Lipinski definition) is 3. The standard InChI is InChI=1S/C27H32N4O2/c32-26(30(22-11-5-2-6-12-22)18-20-9-3-1-4-10-20)19-31-24-14-8-7-13-23(24)29-25(31)17-28-27(33)21-15-16-21/h1,3-4,7-10,13-14,21-22H,2,5-6,11-12,15-19H2,(H,28,33). The first kappa shape index (κ1) is 21.7. The Kier molecular flexibility index (Phi) is 6.42. The molecule has 1 N–H and O–H groups in total. The molecule has 1 heterocycles. The number of benzene rings is 2.